The Morgan fingerprint density at radius 3 is 2.52 bits per heavy atom. The smallest absolute Gasteiger partial charge is 0.338 e. The Morgan fingerprint density at radius 2 is 1.75 bits per heavy atom. The van der Waals surface area contributed by atoms with E-state index in [1.54, 1.807) is 23.6 Å². The van der Waals surface area contributed by atoms with Crippen molar-refractivity contribution in [1.82, 2.24) is 14.8 Å². The molecule has 1 aromatic heterocycles. The van der Waals surface area contributed by atoms with Crippen molar-refractivity contribution < 1.29 is 19.0 Å². The summed E-state index contributed by atoms with van der Waals surface area (Å²) in [4.78, 5) is 18.6. The summed E-state index contributed by atoms with van der Waals surface area (Å²) >= 11 is 1.56. The van der Waals surface area contributed by atoms with E-state index in [0.29, 0.717) is 40.5 Å². The highest BCUT2D eigenvalue weighted by atomic mass is 32.2. The standard InChI is InChI=1S/C35H38N4O4S/c1-23-11-10-14-26(19-23)21-42-29-18-17-27(20-30(29)41-3)32-31(33(40)43-28-15-8-5-9-16-28)24(2)36-34-37-35(38-39(32)34)44-22-25-12-6-4-7-13-25/h4,6-7,10-14,17-20,28,32H,5,8-9,15-16,21-22H2,1-3H3,(H,36,37,38). The van der Waals surface area contributed by atoms with Gasteiger partial charge in [-0.05, 0) is 68.4 Å². The van der Waals surface area contributed by atoms with E-state index in [4.69, 9.17) is 24.3 Å². The Hall–Kier alpha value is -4.24. The van der Waals surface area contributed by atoms with Gasteiger partial charge in [-0.1, -0.05) is 84.4 Å². The van der Waals surface area contributed by atoms with E-state index >= 15 is 0 Å². The molecule has 0 radical (unpaired) electrons. The second-order valence-corrected chi connectivity index (χ2v) is 12.3. The highest BCUT2D eigenvalue weighted by Gasteiger charge is 2.37. The number of benzene rings is 3. The van der Waals surface area contributed by atoms with Crippen LogP contribution in [-0.2, 0) is 21.9 Å². The third kappa shape index (κ3) is 6.78. The lowest BCUT2D eigenvalue weighted by Gasteiger charge is -2.30. The number of fused-ring (bicyclic) bond motifs is 1. The van der Waals surface area contributed by atoms with Gasteiger partial charge in [-0.2, -0.15) is 4.98 Å². The van der Waals surface area contributed by atoms with Gasteiger partial charge in [0, 0.05) is 11.4 Å². The molecule has 0 saturated heterocycles. The number of nitrogens with one attached hydrogen (secondary N) is 1. The van der Waals surface area contributed by atoms with E-state index in [-0.39, 0.29) is 12.1 Å². The largest absolute Gasteiger partial charge is 0.493 e. The van der Waals surface area contributed by atoms with Gasteiger partial charge in [-0.25, -0.2) is 9.48 Å². The number of carbonyl (C=O) groups is 1. The minimum absolute atomic E-state index is 0.0710. The molecule has 1 unspecified atom stereocenters. The summed E-state index contributed by atoms with van der Waals surface area (Å²) in [5.74, 6) is 2.18. The fraction of sp³-hybridized carbons (Fsp3) is 0.343. The van der Waals surface area contributed by atoms with Crippen molar-refractivity contribution in [3.05, 3.63) is 106 Å². The van der Waals surface area contributed by atoms with Gasteiger partial charge in [0.05, 0.1) is 12.7 Å². The van der Waals surface area contributed by atoms with Gasteiger partial charge in [-0.15, -0.1) is 5.10 Å². The van der Waals surface area contributed by atoms with Crippen molar-refractivity contribution >= 4 is 23.7 Å². The number of ether oxygens (including phenoxy) is 3. The zero-order valence-electron chi connectivity index (χ0n) is 25.4. The van der Waals surface area contributed by atoms with E-state index in [0.717, 1.165) is 42.6 Å². The quantitative estimate of drug-likeness (QED) is 0.145. The summed E-state index contributed by atoms with van der Waals surface area (Å²) in [6.07, 6.45) is 5.06. The summed E-state index contributed by atoms with van der Waals surface area (Å²) in [5.41, 5.74) is 5.49. The number of methoxy groups -OCH3 is 1. The third-order valence-corrected chi connectivity index (χ3v) is 8.98. The lowest BCUT2D eigenvalue weighted by atomic mass is 9.94. The van der Waals surface area contributed by atoms with Crippen LogP contribution in [0.2, 0.25) is 0 Å². The van der Waals surface area contributed by atoms with Crippen LogP contribution in [0.25, 0.3) is 0 Å². The zero-order valence-corrected chi connectivity index (χ0v) is 26.2. The Labute approximate surface area is 262 Å². The maximum atomic E-state index is 13.9. The molecule has 2 heterocycles. The SMILES string of the molecule is COc1cc(C2C(C(=O)OC3CCCCC3)=C(C)Nc3nc(SCc4ccccc4)nn32)ccc1OCc1cccc(C)c1. The van der Waals surface area contributed by atoms with Gasteiger partial charge >= 0.3 is 5.97 Å². The number of nitrogens with zero attached hydrogens (tertiary/aromatic N) is 3. The first-order chi connectivity index (χ1) is 21.5. The number of rotatable bonds is 10. The summed E-state index contributed by atoms with van der Waals surface area (Å²) < 4.78 is 19.9. The number of esters is 1. The van der Waals surface area contributed by atoms with Crippen LogP contribution in [0.15, 0.2) is 89.2 Å². The fourth-order valence-electron chi connectivity index (χ4n) is 5.82. The van der Waals surface area contributed by atoms with Crippen LogP contribution in [-0.4, -0.2) is 33.9 Å². The number of aryl methyl sites for hydroxylation is 1. The maximum Gasteiger partial charge on any atom is 0.338 e. The monoisotopic (exact) mass is 610 g/mol. The predicted octanol–water partition coefficient (Wildman–Crippen LogP) is 7.63. The second kappa shape index (κ2) is 13.6. The van der Waals surface area contributed by atoms with Crippen molar-refractivity contribution in [1.29, 1.82) is 0 Å². The van der Waals surface area contributed by atoms with Crippen LogP contribution in [0.4, 0.5) is 5.95 Å². The van der Waals surface area contributed by atoms with Gasteiger partial charge in [0.15, 0.2) is 11.5 Å². The van der Waals surface area contributed by atoms with Gasteiger partial charge in [0.1, 0.15) is 18.8 Å². The maximum absolute atomic E-state index is 13.9. The molecule has 6 rings (SSSR count). The van der Waals surface area contributed by atoms with Gasteiger partial charge in [0.2, 0.25) is 11.1 Å². The number of hydrogen-bond donors (Lipinski definition) is 1. The molecule has 44 heavy (non-hydrogen) atoms. The van der Waals surface area contributed by atoms with Crippen molar-refractivity contribution in [3.8, 4) is 11.5 Å². The van der Waals surface area contributed by atoms with Crippen LogP contribution >= 0.6 is 11.8 Å². The molecule has 1 fully saturated rings. The molecule has 8 nitrogen and oxygen atoms in total. The van der Waals surface area contributed by atoms with Gasteiger partial charge in [-0.3, -0.25) is 0 Å². The normalized spacial score (nSPS) is 16.7. The topological polar surface area (TPSA) is 87.5 Å². The average Bonchev–Trinajstić information content (AvgIpc) is 3.45. The van der Waals surface area contributed by atoms with Crippen LogP contribution in [0, 0.1) is 6.92 Å². The number of thioether (sulfide) groups is 1. The highest BCUT2D eigenvalue weighted by molar-refractivity contribution is 7.98. The summed E-state index contributed by atoms with van der Waals surface area (Å²) in [6, 6.07) is 23.7. The number of hydrogen-bond acceptors (Lipinski definition) is 8. The molecule has 1 aliphatic heterocycles. The molecule has 3 aromatic carbocycles. The van der Waals surface area contributed by atoms with E-state index in [9.17, 15) is 4.79 Å². The second-order valence-electron chi connectivity index (χ2n) is 11.4. The Balaban J connectivity index is 1.32. The molecular formula is C35H38N4O4S. The van der Waals surface area contributed by atoms with E-state index in [1.807, 2.05) is 55.5 Å². The number of anilines is 1. The van der Waals surface area contributed by atoms with Crippen molar-refractivity contribution in [2.24, 2.45) is 0 Å². The van der Waals surface area contributed by atoms with Crippen LogP contribution in [0.3, 0.4) is 0 Å². The molecule has 4 aromatic rings. The molecule has 0 bridgehead atoms. The minimum atomic E-state index is -0.555. The lowest BCUT2D eigenvalue weighted by Crippen LogP contribution is -2.32. The zero-order chi connectivity index (χ0) is 30.5. The van der Waals surface area contributed by atoms with Crippen molar-refractivity contribution in [2.75, 3.05) is 12.4 Å². The molecule has 9 heteroatoms. The predicted molar refractivity (Wildman–Crippen MR) is 172 cm³/mol. The Bertz CT molecular complexity index is 1650. The molecule has 1 aliphatic carbocycles. The first kappa shape index (κ1) is 29.8. The number of carbonyl (C=O) groups excluding carboxylic acids is 1. The molecular weight excluding hydrogens is 572 g/mol. The van der Waals surface area contributed by atoms with Crippen LogP contribution in [0.1, 0.15) is 67.3 Å². The molecule has 1 atom stereocenters. The first-order valence-electron chi connectivity index (χ1n) is 15.2. The molecule has 228 valence electrons. The van der Waals surface area contributed by atoms with Crippen LogP contribution < -0.4 is 14.8 Å². The van der Waals surface area contributed by atoms with E-state index in [1.165, 1.54) is 17.5 Å². The van der Waals surface area contributed by atoms with Crippen molar-refractivity contribution in [3.63, 3.8) is 0 Å². The Kier molecular flexibility index (Phi) is 9.21. The molecule has 1 saturated carbocycles. The number of aromatic nitrogens is 3. The average molecular weight is 611 g/mol. The van der Waals surface area contributed by atoms with Gasteiger partial charge < -0.3 is 19.5 Å². The molecule has 2 aliphatic rings. The summed E-state index contributed by atoms with van der Waals surface area (Å²) in [5, 5.41) is 8.85. The van der Waals surface area contributed by atoms with E-state index < -0.39 is 6.04 Å². The highest BCUT2D eigenvalue weighted by Crippen LogP contribution is 2.40. The minimum Gasteiger partial charge on any atom is -0.493 e. The molecule has 0 amide bonds. The third-order valence-electron chi connectivity index (χ3n) is 8.07. The molecule has 1 N–H and O–H groups in total. The first-order valence-corrected chi connectivity index (χ1v) is 16.2. The Morgan fingerprint density at radius 1 is 0.955 bits per heavy atom. The molecule has 0 spiro atoms. The fourth-order valence-corrected chi connectivity index (χ4v) is 6.61. The lowest BCUT2D eigenvalue weighted by molar-refractivity contribution is -0.146. The van der Waals surface area contributed by atoms with Crippen molar-refractivity contribution in [2.45, 2.75) is 75.6 Å². The summed E-state index contributed by atoms with van der Waals surface area (Å²) in [6.45, 7) is 4.38. The summed E-state index contributed by atoms with van der Waals surface area (Å²) in [7, 11) is 1.62. The van der Waals surface area contributed by atoms with Gasteiger partial charge in [0.25, 0.3) is 0 Å². The number of allylic oxidation sites excluding steroid dienone is 1. The van der Waals surface area contributed by atoms with Crippen LogP contribution in [0.5, 0.6) is 11.5 Å². The van der Waals surface area contributed by atoms with E-state index in [2.05, 4.69) is 36.5 Å².